The van der Waals surface area contributed by atoms with E-state index in [2.05, 4.69) is 10.1 Å². The summed E-state index contributed by atoms with van der Waals surface area (Å²) in [6, 6.07) is 5.53. The molecule has 1 fully saturated rings. The van der Waals surface area contributed by atoms with Gasteiger partial charge in [0.05, 0.1) is 13.2 Å². The second-order valence-corrected chi connectivity index (χ2v) is 10.4. The van der Waals surface area contributed by atoms with Crippen molar-refractivity contribution in [2.45, 2.75) is 45.6 Å². The predicted molar refractivity (Wildman–Crippen MR) is 125 cm³/mol. The fraction of sp³-hybridized carbons (Fsp3) is 0.478. The summed E-state index contributed by atoms with van der Waals surface area (Å²) in [5.74, 6) is 0.960. The normalized spacial score (nSPS) is 21.9. The van der Waals surface area contributed by atoms with Gasteiger partial charge in [-0.1, -0.05) is 37.5 Å². The van der Waals surface area contributed by atoms with Crippen molar-refractivity contribution in [3.05, 3.63) is 40.6 Å². The first-order chi connectivity index (χ1) is 15.6. The van der Waals surface area contributed by atoms with Crippen molar-refractivity contribution >= 4 is 41.0 Å². The van der Waals surface area contributed by atoms with Crippen molar-refractivity contribution in [1.82, 2.24) is 15.0 Å². The molecule has 0 radical (unpaired) electrons. The predicted octanol–water partition coefficient (Wildman–Crippen LogP) is 3.00. The van der Waals surface area contributed by atoms with Crippen LogP contribution in [0.25, 0.3) is 5.70 Å². The van der Waals surface area contributed by atoms with E-state index in [1.165, 1.54) is 0 Å². The van der Waals surface area contributed by atoms with Crippen LogP contribution in [0.5, 0.6) is 0 Å². The van der Waals surface area contributed by atoms with E-state index in [-0.39, 0.29) is 11.4 Å². The highest BCUT2D eigenvalue weighted by Crippen LogP contribution is 2.42. The molecule has 5 rings (SSSR count). The smallest absolute Gasteiger partial charge is 0.325 e. The minimum Gasteiger partial charge on any atom is -0.378 e. The molecule has 33 heavy (non-hydrogen) atoms. The fourth-order valence-electron chi connectivity index (χ4n) is 4.57. The van der Waals surface area contributed by atoms with Gasteiger partial charge in [-0.05, 0) is 26.0 Å². The number of halogens is 1. The van der Waals surface area contributed by atoms with Gasteiger partial charge in [0, 0.05) is 29.6 Å². The number of nitrogens with zero attached hydrogens (tertiary/aromatic N) is 5. The SMILES string of the molecule is CC(C)(C)c1nc(C2=C3[NH+](C=N2)c2ccc(Cl)cc2N(C(=O)N2CCOCC2)C3(C)C)no1. The van der Waals surface area contributed by atoms with E-state index in [9.17, 15) is 4.79 Å². The second kappa shape index (κ2) is 7.65. The Labute approximate surface area is 197 Å². The van der Waals surface area contributed by atoms with Gasteiger partial charge in [-0.25, -0.2) is 9.69 Å². The third-order valence-corrected chi connectivity index (χ3v) is 6.48. The van der Waals surface area contributed by atoms with Gasteiger partial charge >= 0.3 is 6.03 Å². The summed E-state index contributed by atoms with van der Waals surface area (Å²) < 4.78 is 11.0. The highest BCUT2D eigenvalue weighted by molar-refractivity contribution is 6.31. The van der Waals surface area contributed by atoms with Crippen LogP contribution in [0.4, 0.5) is 16.2 Å². The van der Waals surface area contributed by atoms with Crippen LogP contribution in [0.15, 0.2) is 33.4 Å². The van der Waals surface area contributed by atoms with Crippen LogP contribution in [0.1, 0.15) is 46.3 Å². The summed E-state index contributed by atoms with van der Waals surface area (Å²) in [5.41, 5.74) is 2.15. The molecule has 3 aliphatic rings. The van der Waals surface area contributed by atoms with E-state index in [4.69, 9.17) is 25.9 Å². The summed E-state index contributed by atoms with van der Waals surface area (Å²) in [5, 5.41) is 4.80. The number of morpholine rings is 1. The minimum absolute atomic E-state index is 0.0897. The molecule has 0 spiro atoms. The lowest BCUT2D eigenvalue weighted by Gasteiger charge is -2.46. The molecule has 2 amide bonds. The quantitative estimate of drug-likeness (QED) is 0.690. The number of ether oxygens (including phenoxy) is 1. The van der Waals surface area contributed by atoms with Gasteiger partial charge in [0.25, 0.3) is 0 Å². The Morgan fingerprint density at radius 3 is 2.61 bits per heavy atom. The molecule has 1 aromatic carbocycles. The second-order valence-electron chi connectivity index (χ2n) is 10.0. The molecule has 1 N–H and O–H groups in total. The Morgan fingerprint density at radius 1 is 1.21 bits per heavy atom. The van der Waals surface area contributed by atoms with Gasteiger partial charge in [0.1, 0.15) is 11.2 Å². The van der Waals surface area contributed by atoms with Gasteiger partial charge in [0.2, 0.25) is 11.7 Å². The highest BCUT2D eigenvalue weighted by Gasteiger charge is 2.53. The first-order valence-electron chi connectivity index (χ1n) is 11.1. The lowest BCUT2D eigenvalue weighted by atomic mass is 9.90. The standard InChI is InChI=1S/C23H27ClN6O3/c1-22(2,3)20-26-19(27-33-20)17-18-23(4,5)30(21(31)28-8-10-32-11-9-28)16-12-14(24)6-7-15(16)29(18)13-25-17/h6-7,12-13H,8-11H2,1-5H3/p+1. The summed E-state index contributed by atoms with van der Waals surface area (Å²) >= 11 is 6.38. The van der Waals surface area contributed by atoms with Gasteiger partial charge in [-0.2, -0.15) is 9.98 Å². The molecule has 9 nitrogen and oxygen atoms in total. The maximum atomic E-state index is 13.8. The zero-order valence-electron chi connectivity index (χ0n) is 19.5. The molecule has 1 atom stereocenters. The lowest BCUT2D eigenvalue weighted by molar-refractivity contribution is -0.679. The number of rotatable bonds is 1. The molecule has 2 aromatic rings. The average Bonchev–Trinajstić information content (AvgIpc) is 3.42. The van der Waals surface area contributed by atoms with Gasteiger partial charge in [-0.15, -0.1) is 0 Å². The molecule has 3 aliphatic heterocycles. The molecule has 4 heterocycles. The van der Waals surface area contributed by atoms with Gasteiger partial charge in [0.15, 0.2) is 23.4 Å². The molecule has 1 aromatic heterocycles. The van der Waals surface area contributed by atoms with Crippen molar-refractivity contribution in [2.24, 2.45) is 4.99 Å². The zero-order chi connectivity index (χ0) is 23.5. The van der Waals surface area contributed by atoms with Crippen LogP contribution < -0.4 is 9.80 Å². The number of hydrogen-bond donors (Lipinski definition) is 1. The van der Waals surface area contributed by atoms with Crippen molar-refractivity contribution in [1.29, 1.82) is 0 Å². The van der Waals surface area contributed by atoms with Crippen LogP contribution in [0, 0.1) is 0 Å². The molecule has 10 heteroatoms. The number of anilines is 1. The van der Waals surface area contributed by atoms with Gasteiger partial charge < -0.3 is 14.2 Å². The Balaban J connectivity index is 1.67. The maximum Gasteiger partial charge on any atom is 0.325 e. The number of carbonyl (C=O) groups excluding carboxylic acids is 1. The molecule has 0 aliphatic carbocycles. The third kappa shape index (κ3) is 3.55. The van der Waals surface area contributed by atoms with E-state index in [0.717, 1.165) is 22.0 Å². The number of benzene rings is 1. The summed E-state index contributed by atoms with van der Waals surface area (Å²) in [7, 11) is 0. The van der Waals surface area contributed by atoms with Gasteiger partial charge in [-0.3, -0.25) is 4.90 Å². The largest absolute Gasteiger partial charge is 0.378 e. The number of hydrogen-bond acceptors (Lipinski definition) is 6. The van der Waals surface area contributed by atoms with E-state index >= 15 is 0 Å². The number of aliphatic imine (C=N–C) groups is 1. The first kappa shape index (κ1) is 22.1. The first-order valence-corrected chi connectivity index (χ1v) is 11.4. The Bertz CT molecular complexity index is 1170. The topological polar surface area (TPSA) is 88.5 Å². The van der Waals surface area contributed by atoms with Crippen molar-refractivity contribution in [3.8, 4) is 0 Å². The Morgan fingerprint density at radius 2 is 1.94 bits per heavy atom. The third-order valence-electron chi connectivity index (χ3n) is 6.24. The minimum atomic E-state index is -0.739. The van der Waals surface area contributed by atoms with E-state index in [1.54, 1.807) is 0 Å². The number of amides is 2. The lowest BCUT2D eigenvalue weighted by Crippen LogP contribution is -3.07. The van der Waals surface area contributed by atoms with Crippen LogP contribution in [0.2, 0.25) is 5.02 Å². The molecule has 1 unspecified atom stereocenters. The Kier molecular flexibility index (Phi) is 5.11. The number of quaternary nitrogens is 1. The summed E-state index contributed by atoms with van der Waals surface area (Å²) in [6.45, 7) is 12.2. The monoisotopic (exact) mass is 471 g/mol. The number of nitrogens with one attached hydrogen (secondary N) is 1. The summed E-state index contributed by atoms with van der Waals surface area (Å²) in [4.78, 5) is 27.8. The molecular weight excluding hydrogens is 444 g/mol. The molecule has 174 valence electrons. The van der Waals surface area contributed by atoms with Crippen molar-refractivity contribution in [2.75, 3.05) is 31.2 Å². The molecular formula is C23H28ClN6O3+. The molecule has 1 saturated heterocycles. The summed E-state index contributed by atoms with van der Waals surface area (Å²) in [6.07, 6.45) is 1.82. The number of carbonyl (C=O) groups is 1. The van der Waals surface area contributed by atoms with Crippen LogP contribution in [-0.2, 0) is 10.2 Å². The van der Waals surface area contributed by atoms with Crippen LogP contribution >= 0.6 is 11.6 Å². The highest BCUT2D eigenvalue weighted by atomic mass is 35.5. The van der Waals surface area contributed by atoms with Crippen molar-refractivity contribution in [3.63, 3.8) is 0 Å². The number of urea groups is 1. The van der Waals surface area contributed by atoms with E-state index in [0.29, 0.717) is 48.7 Å². The molecule has 0 saturated carbocycles. The van der Waals surface area contributed by atoms with Crippen LogP contribution in [-0.4, -0.2) is 59.3 Å². The number of aromatic nitrogens is 2. The number of fused-ring (bicyclic) bond motifs is 3. The van der Waals surface area contributed by atoms with Crippen LogP contribution in [0.3, 0.4) is 0 Å². The maximum absolute atomic E-state index is 13.8. The van der Waals surface area contributed by atoms with E-state index < -0.39 is 5.54 Å². The zero-order valence-corrected chi connectivity index (χ0v) is 20.2. The fourth-order valence-corrected chi connectivity index (χ4v) is 4.74. The Hall–Kier alpha value is -2.75. The van der Waals surface area contributed by atoms with Crippen molar-refractivity contribution < 1.29 is 19.0 Å². The molecule has 0 bridgehead atoms. The van der Waals surface area contributed by atoms with E-state index in [1.807, 2.05) is 69.0 Å². The average molecular weight is 472 g/mol.